The molecule has 0 amide bonds. The van der Waals surface area contributed by atoms with Crippen molar-refractivity contribution in [3.8, 4) is 5.75 Å². The smallest absolute Gasteiger partial charge is 0.266 e. The van der Waals surface area contributed by atoms with Crippen molar-refractivity contribution in [2.24, 2.45) is 0 Å². The van der Waals surface area contributed by atoms with Gasteiger partial charge in [0.15, 0.2) is 0 Å². The number of aromatic amines is 1. The molecule has 0 unspecified atom stereocenters. The van der Waals surface area contributed by atoms with Gasteiger partial charge in [-0.3, -0.25) is 4.79 Å². The van der Waals surface area contributed by atoms with Gasteiger partial charge in [0.25, 0.3) is 5.56 Å². The second kappa shape index (κ2) is 3.09. The number of hydrogen-bond donors (Lipinski definition) is 2. The van der Waals surface area contributed by atoms with E-state index in [4.69, 9.17) is 0 Å². The molecular formula is C12H9NO2S. The minimum Gasteiger partial charge on any atom is -0.508 e. The number of hydrogen-bond acceptors (Lipinski definition) is 3. The number of aryl methyl sites for hydroxylation is 1. The topological polar surface area (TPSA) is 53.1 Å². The van der Waals surface area contributed by atoms with Crippen LogP contribution >= 0.6 is 11.3 Å². The van der Waals surface area contributed by atoms with Crippen LogP contribution in [-0.2, 0) is 0 Å². The van der Waals surface area contributed by atoms with Gasteiger partial charge >= 0.3 is 0 Å². The van der Waals surface area contributed by atoms with E-state index < -0.39 is 0 Å². The zero-order valence-corrected chi connectivity index (χ0v) is 9.39. The molecule has 2 N–H and O–H groups in total. The highest BCUT2D eigenvalue weighted by Gasteiger charge is 2.08. The fraction of sp³-hybridized carbons (Fsp3) is 0.0833. The summed E-state index contributed by atoms with van der Waals surface area (Å²) in [5.41, 5.74) is 1.61. The molecule has 2 aromatic heterocycles. The third kappa shape index (κ3) is 1.17. The number of H-pyrrole nitrogens is 1. The Morgan fingerprint density at radius 3 is 2.94 bits per heavy atom. The van der Waals surface area contributed by atoms with E-state index in [-0.39, 0.29) is 11.3 Å². The molecule has 0 fully saturated rings. The van der Waals surface area contributed by atoms with Crippen LogP contribution in [0.4, 0.5) is 0 Å². The molecule has 2 heterocycles. The molecule has 0 aliphatic carbocycles. The second-order valence-corrected chi connectivity index (χ2v) is 4.72. The number of nitrogens with one attached hydrogen (secondary N) is 1. The number of phenolic OH excluding ortho intramolecular Hbond substituents is 1. The molecule has 3 aromatic rings. The third-order valence-electron chi connectivity index (χ3n) is 2.72. The Morgan fingerprint density at radius 2 is 2.12 bits per heavy atom. The lowest BCUT2D eigenvalue weighted by atomic mass is 10.1. The lowest BCUT2D eigenvalue weighted by Crippen LogP contribution is -2.04. The molecule has 1 aromatic carbocycles. The van der Waals surface area contributed by atoms with Crippen molar-refractivity contribution in [2.75, 3.05) is 0 Å². The van der Waals surface area contributed by atoms with E-state index in [0.717, 1.165) is 21.9 Å². The van der Waals surface area contributed by atoms with Crippen LogP contribution in [0.3, 0.4) is 0 Å². The van der Waals surface area contributed by atoms with E-state index in [0.29, 0.717) is 4.70 Å². The highest BCUT2D eigenvalue weighted by atomic mass is 32.1. The van der Waals surface area contributed by atoms with Gasteiger partial charge in [-0.15, -0.1) is 11.3 Å². The molecule has 3 nitrogen and oxygen atoms in total. The zero-order valence-electron chi connectivity index (χ0n) is 8.57. The van der Waals surface area contributed by atoms with Crippen LogP contribution in [0.25, 0.3) is 21.0 Å². The molecule has 0 spiro atoms. The highest BCUT2D eigenvalue weighted by Crippen LogP contribution is 2.29. The summed E-state index contributed by atoms with van der Waals surface area (Å²) >= 11 is 1.42. The van der Waals surface area contributed by atoms with Gasteiger partial charge in [-0.1, -0.05) is 0 Å². The maximum Gasteiger partial charge on any atom is 0.266 e. The highest BCUT2D eigenvalue weighted by molar-refractivity contribution is 7.17. The van der Waals surface area contributed by atoms with E-state index in [1.54, 1.807) is 12.1 Å². The van der Waals surface area contributed by atoms with Crippen molar-refractivity contribution in [1.82, 2.24) is 4.98 Å². The van der Waals surface area contributed by atoms with Crippen LogP contribution < -0.4 is 5.56 Å². The van der Waals surface area contributed by atoms with Crippen molar-refractivity contribution < 1.29 is 5.11 Å². The summed E-state index contributed by atoms with van der Waals surface area (Å²) in [4.78, 5) is 14.6. The summed E-state index contributed by atoms with van der Waals surface area (Å²) < 4.78 is 0.706. The van der Waals surface area contributed by atoms with Gasteiger partial charge in [0.2, 0.25) is 0 Å². The molecule has 0 aliphatic heterocycles. The number of pyridine rings is 1. The van der Waals surface area contributed by atoms with Crippen molar-refractivity contribution in [3.05, 3.63) is 39.5 Å². The average Bonchev–Trinajstić information content (AvgIpc) is 2.69. The molecular weight excluding hydrogens is 222 g/mol. The number of fused-ring (bicyclic) bond motifs is 3. The molecule has 0 radical (unpaired) electrons. The fourth-order valence-corrected chi connectivity index (χ4v) is 2.82. The Balaban J connectivity index is 2.69. The van der Waals surface area contributed by atoms with Gasteiger partial charge in [-0.05, 0) is 36.1 Å². The van der Waals surface area contributed by atoms with Crippen molar-refractivity contribution in [1.29, 1.82) is 0 Å². The quantitative estimate of drug-likeness (QED) is 0.625. The molecule has 0 atom stereocenters. The second-order valence-electron chi connectivity index (χ2n) is 3.80. The van der Waals surface area contributed by atoms with E-state index in [1.165, 1.54) is 11.3 Å². The Morgan fingerprint density at radius 1 is 1.31 bits per heavy atom. The first-order chi connectivity index (χ1) is 7.66. The zero-order chi connectivity index (χ0) is 11.3. The van der Waals surface area contributed by atoms with Crippen LogP contribution in [0, 0.1) is 6.92 Å². The Hall–Kier alpha value is -1.81. The summed E-state index contributed by atoms with van der Waals surface area (Å²) in [6.07, 6.45) is 0. The molecule has 4 heteroatoms. The predicted octanol–water partition coefficient (Wildman–Crippen LogP) is 2.76. The molecule has 0 saturated heterocycles. The predicted molar refractivity (Wildman–Crippen MR) is 66.4 cm³/mol. The number of aromatic hydroxyl groups is 1. The number of phenols is 1. The molecule has 0 saturated carbocycles. The molecule has 16 heavy (non-hydrogen) atoms. The molecule has 0 bridgehead atoms. The van der Waals surface area contributed by atoms with E-state index >= 15 is 0 Å². The lowest BCUT2D eigenvalue weighted by Gasteiger charge is -2.04. The monoisotopic (exact) mass is 231 g/mol. The summed E-state index contributed by atoms with van der Waals surface area (Å²) in [5.74, 6) is 0.226. The summed E-state index contributed by atoms with van der Waals surface area (Å²) in [6.45, 7) is 1.87. The van der Waals surface area contributed by atoms with Crippen LogP contribution in [0.2, 0.25) is 0 Å². The molecule has 0 aliphatic rings. The third-order valence-corrected chi connectivity index (χ3v) is 3.63. The Bertz CT molecular complexity index is 755. The maximum atomic E-state index is 11.8. The number of benzene rings is 1. The number of thiophene rings is 1. The normalized spacial score (nSPS) is 11.3. The van der Waals surface area contributed by atoms with Crippen LogP contribution in [0.15, 0.2) is 28.4 Å². The minimum absolute atomic E-state index is 0.0636. The first kappa shape index (κ1) is 9.42. The van der Waals surface area contributed by atoms with Gasteiger partial charge < -0.3 is 10.1 Å². The van der Waals surface area contributed by atoms with Crippen molar-refractivity contribution in [3.63, 3.8) is 0 Å². The van der Waals surface area contributed by atoms with Gasteiger partial charge in [-0.25, -0.2) is 0 Å². The van der Waals surface area contributed by atoms with Gasteiger partial charge in [0, 0.05) is 10.8 Å². The van der Waals surface area contributed by atoms with Crippen molar-refractivity contribution in [2.45, 2.75) is 6.92 Å². The summed E-state index contributed by atoms with van der Waals surface area (Å²) in [5, 5.41) is 13.3. The number of rotatable bonds is 0. The largest absolute Gasteiger partial charge is 0.508 e. The Kier molecular flexibility index (Phi) is 1.82. The SMILES string of the molecule is Cc1cc(O)cc2c1[nH]c(=O)c1sccc12. The van der Waals surface area contributed by atoms with E-state index in [9.17, 15) is 9.90 Å². The minimum atomic E-state index is -0.0636. The van der Waals surface area contributed by atoms with Gasteiger partial charge in [0.1, 0.15) is 10.4 Å². The lowest BCUT2D eigenvalue weighted by molar-refractivity contribution is 0.476. The van der Waals surface area contributed by atoms with Gasteiger partial charge in [0.05, 0.1) is 5.52 Å². The fourth-order valence-electron chi connectivity index (χ4n) is 2.01. The molecule has 3 rings (SSSR count). The van der Waals surface area contributed by atoms with Crippen LogP contribution in [-0.4, -0.2) is 10.1 Å². The molecule has 80 valence electrons. The summed E-state index contributed by atoms with van der Waals surface area (Å²) in [7, 11) is 0. The average molecular weight is 231 g/mol. The van der Waals surface area contributed by atoms with E-state index in [2.05, 4.69) is 4.98 Å². The van der Waals surface area contributed by atoms with Crippen LogP contribution in [0.1, 0.15) is 5.56 Å². The first-order valence-electron chi connectivity index (χ1n) is 4.89. The van der Waals surface area contributed by atoms with E-state index in [1.807, 2.05) is 18.4 Å². The van der Waals surface area contributed by atoms with Crippen LogP contribution in [0.5, 0.6) is 5.75 Å². The number of aromatic nitrogens is 1. The first-order valence-corrected chi connectivity index (χ1v) is 5.77. The Labute approximate surface area is 95.0 Å². The van der Waals surface area contributed by atoms with Crippen molar-refractivity contribution >= 4 is 32.3 Å². The summed E-state index contributed by atoms with van der Waals surface area (Å²) in [6, 6.07) is 5.25. The van der Waals surface area contributed by atoms with Gasteiger partial charge in [-0.2, -0.15) is 0 Å². The standard InChI is InChI=1S/C12H9NO2S/c1-6-4-7(14)5-9-8-2-3-16-11(8)12(15)13-10(6)9/h2-5,14H,1H3,(H,13,15). The maximum absolute atomic E-state index is 11.8.